The lowest BCUT2D eigenvalue weighted by atomic mass is 10.1. The number of hydrogen-bond donors (Lipinski definition) is 0. The van der Waals surface area contributed by atoms with Gasteiger partial charge >= 0.3 is 0 Å². The van der Waals surface area contributed by atoms with Gasteiger partial charge in [-0.3, -0.25) is 0 Å². The van der Waals surface area contributed by atoms with Gasteiger partial charge in [-0.25, -0.2) is 8.78 Å². The van der Waals surface area contributed by atoms with Crippen LogP contribution in [0.25, 0.3) is 11.1 Å². The minimum Gasteiger partial charge on any atom is -0.206 e. The van der Waals surface area contributed by atoms with Gasteiger partial charge in [0.2, 0.25) is 0 Å². The topological polar surface area (TPSA) is 0 Å². The molecule has 0 aliphatic heterocycles. The predicted molar refractivity (Wildman–Crippen MR) is 64.5 cm³/mol. The molecule has 0 unspecified atom stereocenters. The molecule has 0 aliphatic carbocycles. The van der Waals surface area contributed by atoms with E-state index in [-0.39, 0.29) is 11.6 Å². The molecule has 2 rings (SSSR count). The molecule has 0 saturated heterocycles. The van der Waals surface area contributed by atoms with Crippen LogP contribution in [0.2, 0.25) is 0 Å². The molecule has 2 aromatic carbocycles. The average molecular weight is 316 g/mol. The van der Waals surface area contributed by atoms with Crippen LogP contribution in [0.3, 0.4) is 0 Å². The molecule has 0 fully saturated rings. The lowest BCUT2D eigenvalue weighted by Gasteiger charge is -2.03. The van der Waals surface area contributed by atoms with Crippen molar-refractivity contribution >= 4 is 22.6 Å². The standard InChI is InChI=1S/C12H7F2I/c13-10-4-2-1-3-9(10)8-5-6-12(15)11(14)7-8/h1-7H. The molecule has 0 radical (unpaired) electrons. The maximum Gasteiger partial charge on any atom is 0.137 e. The Morgan fingerprint density at radius 2 is 1.60 bits per heavy atom. The minimum absolute atomic E-state index is 0.323. The Hall–Kier alpha value is -0.970. The van der Waals surface area contributed by atoms with Gasteiger partial charge in [-0.1, -0.05) is 24.3 Å². The van der Waals surface area contributed by atoms with Crippen LogP contribution in [0, 0.1) is 15.2 Å². The average Bonchev–Trinajstić information content (AvgIpc) is 2.23. The normalized spacial score (nSPS) is 10.3. The number of rotatable bonds is 1. The monoisotopic (exact) mass is 316 g/mol. The molecule has 0 N–H and O–H groups in total. The van der Waals surface area contributed by atoms with Gasteiger partial charge in [0.05, 0.1) is 0 Å². The number of hydrogen-bond acceptors (Lipinski definition) is 0. The Morgan fingerprint density at radius 3 is 2.27 bits per heavy atom. The predicted octanol–water partition coefficient (Wildman–Crippen LogP) is 4.24. The van der Waals surface area contributed by atoms with E-state index in [4.69, 9.17) is 0 Å². The fraction of sp³-hybridized carbons (Fsp3) is 0. The second-order valence-corrected chi connectivity index (χ2v) is 4.27. The molecule has 0 spiro atoms. The summed E-state index contributed by atoms with van der Waals surface area (Å²) >= 11 is 1.90. The summed E-state index contributed by atoms with van der Waals surface area (Å²) in [5.41, 5.74) is 0.985. The van der Waals surface area contributed by atoms with Crippen LogP contribution in [0.4, 0.5) is 8.78 Å². The molecule has 76 valence electrons. The van der Waals surface area contributed by atoms with E-state index in [0.717, 1.165) is 0 Å². The van der Waals surface area contributed by atoms with Crippen molar-refractivity contribution in [3.8, 4) is 11.1 Å². The first kappa shape index (κ1) is 10.5. The van der Waals surface area contributed by atoms with Crippen molar-refractivity contribution in [2.24, 2.45) is 0 Å². The zero-order valence-electron chi connectivity index (χ0n) is 7.68. The van der Waals surface area contributed by atoms with Gasteiger partial charge in [0, 0.05) is 9.13 Å². The first-order chi connectivity index (χ1) is 7.18. The fourth-order valence-electron chi connectivity index (χ4n) is 1.36. The summed E-state index contributed by atoms with van der Waals surface area (Å²) in [6.45, 7) is 0. The maximum atomic E-state index is 13.4. The molecule has 2 aromatic rings. The molecule has 0 aliphatic rings. The third-order valence-electron chi connectivity index (χ3n) is 2.10. The van der Waals surface area contributed by atoms with Crippen LogP contribution >= 0.6 is 22.6 Å². The summed E-state index contributed by atoms with van der Waals surface area (Å²) in [6, 6.07) is 11.0. The molecule has 0 heterocycles. The first-order valence-corrected chi connectivity index (χ1v) is 5.46. The van der Waals surface area contributed by atoms with Crippen molar-refractivity contribution in [3.63, 3.8) is 0 Å². The third-order valence-corrected chi connectivity index (χ3v) is 2.98. The lowest BCUT2D eigenvalue weighted by molar-refractivity contribution is 0.619. The zero-order valence-corrected chi connectivity index (χ0v) is 9.83. The molecule has 0 nitrogen and oxygen atoms in total. The third kappa shape index (κ3) is 2.17. The Labute approximate surface area is 100 Å². The van der Waals surface area contributed by atoms with Crippen LogP contribution in [0.15, 0.2) is 42.5 Å². The Bertz CT molecular complexity index is 495. The van der Waals surface area contributed by atoms with Gasteiger partial charge in [0.15, 0.2) is 0 Å². The summed E-state index contributed by atoms with van der Waals surface area (Å²) in [5, 5.41) is 0. The molecular formula is C12H7F2I. The fourth-order valence-corrected chi connectivity index (χ4v) is 1.69. The Balaban J connectivity index is 2.55. The van der Waals surface area contributed by atoms with Crippen LogP contribution in [-0.2, 0) is 0 Å². The zero-order chi connectivity index (χ0) is 10.8. The number of halogens is 3. The van der Waals surface area contributed by atoms with Crippen LogP contribution in [0.5, 0.6) is 0 Å². The van der Waals surface area contributed by atoms with Gasteiger partial charge in [-0.15, -0.1) is 0 Å². The van der Waals surface area contributed by atoms with E-state index in [0.29, 0.717) is 14.7 Å². The lowest BCUT2D eigenvalue weighted by Crippen LogP contribution is -1.87. The van der Waals surface area contributed by atoms with E-state index in [1.807, 2.05) is 22.6 Å². The van der Waals surface area contributed by atoms with Crippen molar-refractivity contribution in [2.45, 2.75) is 0 Å². The first-order valence-electron chi connectivity index (χ1n) is 4.38. The molecule has 0 bridgehead atoms. The highest BCUT2D eigenvalue weighted by Gasteiger charge is 2.06. The smallest absolute Gasteiger partial charge is 0.137 e. The second-order valence-electron chi connectivity index (χ2n) is 3.11. The Kier molecular flexibility index (Phi) is 3.00. The molecular weight excluding hydrogens is 309 g/mol. The summed E-state index contributed by atoms with van der Waals surface area (Å²) < 4.78 is 27.2. The quantitative estimate of drug-likeness (QED) is 0.691. The van der Waals surface area contributed by atoms with Crippen molar-refractivity contribution in [1.82, 2.24) is 0 Å². The Morgan fingerprint density at radius 1 is 0.867 bits per heavy atom. The van der Waals surface area contributed by atoms with E-state index >= 15 is 0 Å². The SMILES string of the molecule is Fc1cc(-c2ccccc2F)ccc1I. The largest absolute Gasteiger partial charge is 0.206 e. The highest BCUT2D eigenvalue weighted by molar-refractivity contribution is 14.1. The maximum absolute atomic E-state index is 13.4. The van der Waals surface area contributed by atoms with Gasteiger partial charge in [-0.2, -0.15) is 0 Å². The molecule has 0 aromatic heterocycles. The molecule has 0 atom stereocenters. The van der Waals surface area contributed by atoms with Crippen molar-refractivity contribution in [3.05, 3.63) is 57.7 Å². The van der Waals surface area contributed by atoms with Crippen LogP contribution in [-0.4, -0.2) is 0 Å². The minimum atomic E-state index is -0.335. The summed E-state index contributed by atoms with van der Waals surface area (Å²) in [5.74, 6) is -0.658. The van der Waals surface area contributed by atoms with E-state index in [1.54, 1.807) is 30.3 Å². The van der Waals surface area contributed by atoms with E-state index in [1.165, 1.54) is 12.1 Å². The van der Waals surface area contributed by atoms with E-state index in [2.05, 4.69) is 0 Å². The molecule has 0 amide bonds. The van der Waals surface area contributed by atoms with Gasteiger partial charge < -0.3 is 0 Å². The molecule has 0 saturated carbocycles. The number of benzene rings is 2. The van der Waals surface area contributed by atoms with Gasteiger partial charge in [-0.05, 0) is 46.4 Å². The van der Waals surface area contributed by atoms with Gasteiger partial charge in [0.25, 0.3) is 0 Å². The van der Waals surface area contributed by atoms with Crippen molar-refractivity contribution < 1.29 is 8.78 Å². The van der Waals surface area contributed by atoms with E-state index in [9.17, 15) is 8.78 Å². The van der Waals surface area contributed by atoms with Crippen LogP contribution < -0.4 is 0 Å². The summed E-state index contributed by atoms with van der Waals surface area (Å²) in [6.07, 6.45) is 0. The molecule has 3 heteroatoms. The van der Waals surface area contributed by atoms with Crippen LogP contribution in [0.1, 0.15) is 0 Å². The highest BCUT2D eigenvalue weighted by atomic mass is 127. The van der Waals surface area contributed by atoms with E-state index < -0.39 is 0 Å². The highest BCUT2D eigenvalue weighted by Crippen LogP contribution is 2.24. The van der Waals surface area contributed by atoms with Gasteiger partial charge in [0.1, 0.15) is 11.6 Å². The second kappa shape index (κ2) is 4.26. The molecule has 15 heavy (non-hydrogen) atoms. The summed E-state index contributed by atoms with van der Waals surface area (Å²) in [7, 11) is 0. The van der Waals surface area contributed by atoms with Crippen molar-refractivity contribution in [2.75, 3.05) is 0 Å². The van der Waals surface area contributed by atoms with Crippen molar-refractivity contribution in [1.29, 1.82) is 0 Å². The summed E-state index contributed by atoms with van der Waals surface area (Å²) in [4.78, 5) is 0.